The van der Waals surface area contributed by atoms with Gasteiger partial charge in [-0.1, -0.05) is 0 Å². The third-order valence-corrected chi connectivity index (χ3v) is 4.92. The minimum atomic E-state index is -4.46. The molecule has 2 aliphatic rings. The van der Waals surface area contributed by atoms with Gasteiger partial charge in [0.2, 0.25) is 11.7 Å². The lowest BCUT2D eigenvalue weighted by Crippen LogP contribution is -2.38. The van der Waals surface area contributed by atoms with Gasteiger partial charge in [0.25, 0.3) is 0 Å². The van der Waals surface area contributed by atoms with Gasteiger partial charge in [0.1, 0.15) is 5.76 Å². The summed E-state index contributed by atoms with van der Waals surface area (Å²) in [5, 5.41) is 0. The first-order chi connectivity index (χ1) is 11.3. The number of carbonyl (C=O) groups excluding carboxylic acids is 1. The fourth-order valence-electron chi connectivity index (χ4n) is 3.62. The minimum absolute atomic E-state index is 0.137. The van der Waals surface area contributed by atoms with Crippen LogP contribution in [0.5, 0.6) is 0 Å². The Labute approximate surface area is 138 Å². The van der Waals surface area contributed by atoms with E-state index < -0.39 is 17.4 Å². The van der Waals surface area contributed by atoms with E-state index in [9.17, 15) is 18.0 Å². The van der Waals surface area contributed by atoms with Crippen LogP contribution in [0.1, 0.15) is 24.4 Å². The highest BCUT2D eigenvalue weighted by Crippen LogP contribution is 2.41. The topological polar surface area (TPSA) is 45.9 Å². The molecule has 5 nitrogen and oxygen atoms in total. The maximum atomic E-state index is 12.6. The molecule has 24 heavy (non-hydrogen) atoms. The van der Waals surface area contributed by atoms with Crippen molar-refractivity contribution in [1.82, 2.24) is 9.80 Å². The number of rotatable bonds is 5. The molecular formula is C16H21F3N2O3. The molecule has 1 amide bonds. The zero-order chi connectivity index (χ0) is 17.4. The molecule has 1 aromatic rings. The number of carbonyl (C=O) groups is 1. The van der Waals surface area contributed by atoms with E-state index in [4.69, 9.17) is 9.15 Å². The number of alkyl halides is 3. The molecule has 134 valence electrons. The van der Waals surface area contributed by atoms with Crippen molar-refractivity contribution in [3.8, 4) is 0 Å². The molecule has 0 aliphatic carbocycles. The van der Waals surface area contributed by atoms with Crippen LogP contribution in [-0.4, -0.2) is 55.6 Å². The van der Waals surface area contributed by atoms with E-state index in [2.05, 4.69) is 0 Å². The molecule has 3 rings (SSSR count). The molecule has 2 saturated heterocycles. The predicted molar refractivity (Wildman–Crippen MR) is 79.1 cm³/mol. The Kier molecular flexibility index (Phi) is 4.61. The van der Waals surface area contributed by atoms with Gasteiger partial charge in [0.15, 0.2) is 0 Å². The molecule has 1 spiro atoms. The zero-order valence-electron chi connectivity index (χ0n) is 13.6. The number of amides is 1. The maximum Gasteiger partial charge on any atom is 0.449 e. The quantitative estimate of drug-likeness (QED) is 0.821. The van der Waals surface area contributed by atoms with Crippen molar-refractivity contribution in [3.63, 3.8) is 0 Å². The van der Waals surface area contributed by atoms with Gasteiger partial charge in [-0.25, -0.2) is 0 Å². The second-order valence-electron chi connectivity index (χ2n) is 6.54. The van der Waals surface area contributed by atoms with Crippen LogP contribution in [0.3, 0.4) is 0 Å². The van der Waals surface area contributed by atoms with Gasteiger partial charge in [-0.3, -0.25) is 9.69 Å². The lowest BCUT2D eigenvalue weighted by Gasteiger charge is -2.23. The van der Waals surface area contributed by atoms with Crippen LogP contribution in [-0.2, 0) is 22.3 Å². The number of halogens is 3. The van der Waals surface area contributed by atoms with Crippen LogP contribution in [0.15, 0.2) is 16.5 Å². The largest absolute Gasteiger partial charge is 0.455 e. The number of likely N-dealkylation sites (tertiary alicyclic amines) is 2. The first kappa shape index (κ1) is 17.3. The second-order valence-corrected chi connectivity index (χ2v) is 6.54. The van der Waals surface area contributed by atoms with Crippen LogP contribution >= 0.6 is 0 Å². The van der Waals surface area contributed by atoms with E-state index in [0.29, 0.717) is 32.8 Å². The van der Waals surface area contributed by atoms with Crippen LogP contribution < -0.4 is 0 Å². The molecule has 2 aliphatic heterocycles. The number of ether oxygens (including phenoxy) is 1. The van der Waals surface area contributed by atoms with Crippen LogP contribution in [0.25, 0.3) is 0 Å². The smallest absolute Gasteiger partial charge is 0.449 e. The summed E-state index contributed by atoms with van der Waals surface area (Å²) >= 11 is 0. The van der Waals surface area contributed by atoms with Crippen molar-refractivity contribution in [2.24, 2.45) is 5.41 Å². The molecule has 0 N–H and O–H groups in total. The number of furan rings is 1. The van der Waals surface area contributed by atoms with Crippen LogP contribution in [0, 0.1) is 5.41 Å². The van der Waals surface area contributed by atoms with Gasteiger partial charge in [0.05, 0.1) is 18.6 Å². The van der Waals surface area contributed by atoms with Crippen molar-refractivity contribution in [3.05, 3.63) is 23.7 Å². The average molecular weight is 346 g/mol. The Morgan fingerprint density at radius 1 is 1.29 bits per heavy atom. The van der Waals surface area contributed by atoms with Gasteiger partial charge < -0.3 is 14.1 Å². The Hall–Kier alpha value is -1.54. The summed E-state index contributed by atoms with van der Waals surface area (Å²) < 4.78 is 47.7. The van der Waals surface area contributed by atoms with Crippen molar-refractivity contribution in [2.45, 2.75) is 25.6 Å². The van der Waals surface area contributed by atoms with E-state index in [1.807, 2.05) is 9.80 Å². The summed E-state index contributed by atoms with van der Waals surface area (Å²) in [5.74, 6) is -0.562. The van der Waals surface area contributed by atoms with E-state index in [1.165, 1.54) is 6.07 Å². The highest BCUT2D eigenvalue weighted by Gasteiger charge is 2.50. The lowest BCUT2D eigenvalue weighted by molar-refractivity contribution is -0.153. The van der Waals surface area contributed by atoms with Crippen LogP contribution in [0.4, 0.5) is 13.2 Å². The van der Waals surface area contributed by atoms with E-state index in [-0.39, 0.29) is 11.7 Å². The Balaban J connectivity index is 1.60. The molecule has 3 heterocycles. The Morgan fingerprint density at radius 2 is 2.04 bits per heavy atom. The summed E-state index contributed by atoms with van der Waals surface area (Å²) in [6.45, 7) is 3.36. The van der Waals surface area contributed by atoms with Gasteiger partial charge in [-0.05, 0) is 31.5 Å². The molecule has 0 bridgehead atoms. The first-order valence-electron chi connectivity index (χ1n) is 8.01. The SMILES string of the molecule is COCCN1CCC2(CCN(Cc3ccc(C(F)(F)F)o3)C2)C1=O. The van der Waals surface area contributed by atoms with Crippen molar-refractivity contribution in [2.75, 3.05) is 39.9 Å². The first-order valence-corrected chi connectivity index (χ1v) is 8.01. The normalized spacial score (nSPS) is 25.3. The predicted octanol–water partition coefficient (Wildman–Crippen LogP) is 2.37. The monoisotopic (exact) mass is 346 g/mol. The van der Waals surface area contributed by atoms with E-state index >= 15 is 0 Å². The number of methoxy groups -OCH3 is 1. The number of nitrogens with zero attached hydrogens (tertiary/aromatic N) is 2. The Morgan fingerprint density at radius 3 is 2.71 bits per heavy atom. The van der Waals surface area contributed by atoms with Crippen molar-refractivity contribution in [1.29, 1.82) is 0 Å². The molecular weight excluding hydrogens is 325 g/mol. The Bertz CT molecular complexity index is 602. The molecule has 2 fully saturated rings. The molecule has 0 aromatic carbocycles. The molecule has 1 atom stereocenters. The summed E-state index contributed by atoms with van der Waals surface area (Å²) in [4.78, 5) is 16.5. The minimum Gasteiger partial charge on any atom is -0.455 e. The third-order valence-electron chi connectivity index (χ3n) is 4.92. The molecule has 0 saturated carbocycles. The molecule has 1 unspecified atom stereocenters. The summed E-state index contributed by atoms with van der Waals surface area (Å²) in [7, 11) is 1.60. The van der Waals surface area contributed by atoms with Gasteiger partial charge in [-0.15, -0.1) is 0 Å². The fourth-order valence-corrected chi connectivity index (χ4v) is 3.62. The highest BCUT2D eigenvalue weighted by atomic mass is 19.4. The number of hydrogen-bond donors (Lipinski definition) is 0. The fraction of sp³-hybridized carbons (Fsp3) is 0.688. The molecule has 8 heteroatoms. The molecule has 1 aromatic heterocycles. The van der Waals surface area contributed by atoms with E-state index in [1.54, 1.807) is 7.11 Å². The number of hydrogen-bond acceptors (Lipinski definition) is 4. The molecule has 0 radical (unpaired) electrons. The third kappa shape index (κ3) is 3.30. The van der Waals surface area contributed by atoms with Gasteiger partial charge in [-0.2, -0.15) is 13.2 Å². The standard InChI is InChI=1S/C16H21F3N2O3/c1-23-9-8-21-7-5-15(14(21)22)4-6-20(11-15)10-12-2-3-13(24-12)16(17,18)19/h2-3H,4-11H2,1H3. The van der Waals surface area contributed by atoms with Gasteiger partial charge >= 0.3 is 6.18 Å². The highest BCUT2D eigenvalue weighted by molar-refractivity contribution is 5.85. The maximum absolute atomic E-state index is 12.6. The zero-order valence-corrected chi connectivity index (χ0v) is 13.6. The van der Waals surface area contributed by atoms with Crippen molar-refractivity contribution < 1.29 is 27.1 Å². The average Bonchev–Trinajstić information content (AvgIpc) is 3.21. The summed E-state index contributed by atoms with van der Waals surface area (Å²) in [5.41, 5.74) is -0.396. The summed E-state index contributed by atoms with van der Waals surface area (Å²) in [6.07, 6.45) is -2.94. The van der Waals surface area contributed by atoms with Crippen LogP contribution in [0.2, 0.25) is 0 Å². The van der Waals surface area contributed by atoms with Gasteiger partial charge in [0, 0.05) is 26.7 Å². The van der Waals surface area contributed by atoms with E-state index in [0.717, 1.165) is 25.5 Å². The summed E-state index contributed by atoms with van der Waals surface area (Å²) in [6, 6.07) is 2.31. The second kappa shape index (κ2) is 6.40. The lowest BCUT2D eigenvalue weighted by atomic mass is 9.85. The van der Waals surface area contributed by atoms with Crippen molar-refractivity contribution >= 4 is 5.91 Å².